The maximum Gasteiger partial charge on any atom is 0.352 e. The molecule has 0 fully saturated rings. The van der Waals surface area contributed by atoms with Crippen LogP contribution in [0.2, 0.25) is 10.0 Å². The molecule has 1 N–H and O–H groups in total. The number of rotatable bonds is 15. The normalized spacial score (nSPS) is 13.7. The molecule has 1 amide bonds. The molecule has 14 heteroatoms. The third-order valence-corrected chi connectivity index (χ3v) is 13.4. The molecule has 12 nitrogen and oxygen atoms in total. The van der Waals surface area contributed by atoms with E-state index in [1.54, 1.807) is 34.9 Å². The Hall–Kier alpha value is -6.73. The van der Waals surface area contributed by atoms with Crippen LogP contribution >= 0.6 is 23.2 Å². The Kier molecular flexibility index (Phi) is 12.8. The van der Waals surface area contributed by atoms with Gasteiger partial charge in [-0.15, -0.1) is 0 Å². The van der Waals surface area contributed by atoms with Crippen molar-refractivity contribution in [2.24, 2.45) is 0 Å². The van der Waals surface area contributed by atoms with E-state index in [1.165, 1.54) is 0 Å². The third-order valence-electron chi connectivity index (χ3n) is 12.5. The number of carboxylic acid groups (broad SMARTS) is 1. The first-order valence-electron chi connectivity index (χ1n) is 22.2. The summed E-state index contributed by atoms with van der Waals surface area (Å²) in [5.74, 6) is 0.427. The predicted octanol–water partition coefficient (Wildman–Crippen LogP) is 11.7. The van der Waals surface area contributed by atoms with E-state index in [1.807, 2.05) is 107 Å². The summed E-state index contributed by atoms with van der Waals surface area (Å²) < 4.78 is 22.0. The Morgan fingerprint density at radius 1 is 0.851 bits per heavy atom. The largest absolute Gasteiger partial charge is 0.496 e. The molecule has 0 aliphatic carbocycles. The molecule has 1 atom stereocenters. The molecule has 0 radical (unpaired) electrons. The standard InChI is InChI=1S/C53H50Cl2N6O6/c1-30-23-37(24-31(2)48(30)55)67-22-12-16-38-39-17-18-41(54)47(46-33(4)57-45(58-34(46)5)29-66-28-35-13-8-7-9-14-35)50(39)61-32(3)26-60(52(62)51(38)61)42-19-20-44(65-6)40-25-43(53(63)64)59(49(40)42)27-36-15-10-11-21-56-36/h7-11,13-15,17-21,23-25,32H,12,16,22,26-29H2,1-6H3,(H,63,64)/t32-/m1/s1. The number of aromatic nitrogens is 5. The van der Waals surface area contributed by atoms with Crippen molar-refractivity contribution in [1.29, 1.82) is 0 Å². The van der Waals surface area contributed by atoms with Crippen LogP contribution in [0.5, 0.6) is 11.5 Å². The molecule has 0 spiro atoms. The van der Waals surface area contributed by atoms with Crippen molar-refractivity contribution >= 4 is 62.6 Å². The van der Waals surface area contributed by atoms with Crippen molar-refractivity contribution < 1.29 is 28.9 Å². The van der Waals surface area contributed by atoms with Crippen LogP contribution in [0.1, 0.15) is 85.5 Å². The summed E-state index contributed by atoms with van der Waals surface area (Å²) in [5.41, 5.74) is 9.94. The second-order valence-electron chi connectivity index (χ2n) is 17.1. The number of hydrogen-bond acceptors (Lipinski definition) is 8. The Morgan fingerprint density at radius 2 is 1.58 bits per heavy atom. The predicted molar refractivity (Wildman–Crippen MR) is 262 cm³/mol. The van der Waals surface area contributed by atoms with Gasteiger partial charge >= 0.3 is 5.97 Å². The molecule has 67 heavy (non-hydrogen) atoms. The van der Waals surface area contributed by atoms with Crippen LogP contribution in [0.3, 0.4) is 0 Å². The highest BCUT2D eigenvalue weighted by Crippen LogP contribution is 2.46. The van der Waals surface area contributed by atoms with E-state index in [9.17, 15) is 9.90 Å². The Bertz CT molecular complexity index is 3160. The van der Waals surface area contributed by atoms with Crippen LogP contribution in [-0.4, -0.2) is 61.3 Å². The fourth-order valence-electron chi connectivity index (χ4n) is 9.58. The van der Waals surface area contributed by atoms with Crippen molar-refractivity contribution in [2.45, 2.75) is 73.3 Å². The molecule has 8 aromatic rings. The van der Waals surface area contributed by atoms with Gasteiger partial charge in [0.2, 0.25) is 0 Å². The van der Waals surface area contributed by atoms with Gasteiger partial charge in [0.1, 0.15) is 29.5 Å². The zero-order chi connectivity index (χ0) is 47.1. The number of pyridine rings is 1. The molecule has 0 saturated carbocycles. The Morgan fingerprint density at radius 3 is 2.27 bits per heavy atom. The van der Waals surface area contributed by atoms with Crippen molar-refractivity contribution in [3.05, 3.63) is 164 Å². The number of nitrogens with zero attached hydrogens (tertiary/aromatic N) is 6. The minimum Gasteiger partial charge on any atom is -0.496 e. The summed E-state index contributed by atoms with van der Waals surface area (Å²) in [7, 11) is 1.55. The molecule has 1 aliphatic heterocycles. The van der Waals surface area contributed by atoms with Gasteiger partial charge in [0.25, 0.3) is 5.91 Å². The quantitative estimate of drug-likeness (QED) is 0.0997. The van der Waals surface area contributed by atoms with E-state index < -0.39 is 5.97 Å². The molecule has 0 saturated heterocycles. The number of carbonyl (C=O) groups excluding carboxylic acids is 1. The zero-order valence-corrected chi connectivity index (χ0v) is 39.7. The van der Waals surface area contributed by atoms with Gasteiger partial charge < -0.3 is 33.4 Å². The van der Waals surface area contributed by atoms with Gasteiger partial charge in [-0.2, -0.15) is 0 Å². The highest BCUT2D eigenvalue weighted by Gasteiger charge is 2.38. The second kappa shape index (κ2) is 18.9. The minimum atomic E-state index is -1.11. The molecule has 9 rings (SSSR count). The SMILES string of the molecule is COc1ccc(N2C[C@@H](C)n3c(c(CCCOc4cc(C)c(Cl)c(C)c4)c4ccc(Cl)c(-c5c(C)nc(COCc6ccccc6)nc5C)c43)C2=O)c2c1cc(C(=O)O)n2Cc1ccccn1. The first kappa shape index (κ1) is 45.4. The number of benzene rings is 4. The number of fused-ring (bicyclic) bond motifs is 4. The molecule has 4 aromatic carbocycles. The third kappa shape index (κ3) is 8.61. The molecule has 1 aliphatic rings. The second-order valence-corrected chi connectivity index (χ2v) is 17.8. The molecule has 342 valence electrons. The van der Waals surface area contributed by atoms with Gasteiger partial charge in [0.15, 0.2) is 5.82 Å². The van der Waals surface area contributed by atoms with E-state index in [0.29, 0.717) is 75.7 Å². The smallest absolute Gasteiger partial charge is 0.352 e. The van der Waals surface area contributed by atoms with Gasteiger partial charge in [-0.25, -0.2) is 14.8 Å². The summed E-state index contributed by atoms with van der Waals surface area (Å²) in [5, 5.41) is 13.2. The average Bonchev–Trinajstić information content (AvgIpc) is 3.86. The van der Waals surface area contributed by atoms with Crippen LogP contribution in [0, 0.1) is 27.7 Å². The van der Waals surface area contributed by atoms with Gasteiger partial charge in [-0.05, 0) is 118 Å². The van der Waals surface area contributed by atoms with Crippen molar-refractivity contribution in [1.82, 2.24) is 24.1 Å². The lowest BCUT2D eigenvalue weighted by atomic mass is 9.97. The maximum absolute atomic E-state index is 15.7. The van der Waals surface area contributed by atoms with Crippen LogP contribution < -0.4 is 14.4 Å². The lowest BCUT2D eigenvalue weighted by Crippen LogP contribution is -2.43. The monoisotopic (exact) mass is 936 g/mol. The lowest BCUT2D eigenvalue weighted by molar-refractivity contribution is 0.0686. The summed E-state index contributed by atoms with van der Waals surface area (Å²) in [6, 6.07) is 28.2. The number of aromatic carboxylic acids is 1. The fraction of sp³-hybridized carbons (Fsp3) is 0.264. The summed E-state index contributed by atoms with van der Waals surface area (Å²) in [4.78, 5) is 44.7. The zero-order valence-electron chi connectivity index (χ0n) is 38.2. The lowest BCUT2D eigenvalue weighted by Gasteiger charge is -2.35. The van der Waals surface area contributed by atoms with Crippen molar-refractivity contribution in [3.63, 3.8) is 0 Å². The van der Waals surface area contributed by atoms with Gasteiger partial charge in [0.05, 0.1) is 54.3 Å². The fourth-order valence-corrected chi connectivity index (χ4v) is 9.93. The number of aryl methyl sites for hydroxylation is 5. The van der Waals surface area contributed by atoms with E-state index >= 15 is 4.79 Å². The van der Waals surface area contributed by atoms with Gasteiger partial charge in [0, 0.05) is 57.1 Å². The topological polar surface area (TPSA) is 134 Å². The first-order valence-corrected chi connectivity index (χ1v) is 23.0. The van der Waals surface area contributed by atoms with E-state index in [4.69, 9.17) is 47.4 Å². The Balaban J connectivity index is 1.17. The number of halogens is 2. The minimum absolute atomic E-state index is 0.0470. The Labute approximate surface area is 398 Å². The van der Waals surface area contributed by atoms with E-state index in [0.717, 1.165) is 61.4 Å². The number of amides is 1. The summed E-state index contributed by atoms with van der Waals surface area (Å²) in [6.07, 6.45) is 2.77. The van der Waals surface area contributed by atoms with E-state index in [-0.39, 0.29) is 37.3 Å². The van der Waals surface area contributed by atoms with Crippen molar-refractivity contribution in [2.75, 3.05) is 25.2 Å². The molecular weight excluding hydrogens is 888 g/mol. The van der Waals surface area contributed by atoms with Crippen molar-refractivity contribution in [3.8, 4) is 22.6 Å². The highest BCUT2D eigenvalue weighted by atomic mass is 35.5. The maximum atomic E-state index is 15.7. The number of anilines is 1. The van der Waals surface area contributed by atoms with Crippen LogP contribution in [0.4, 0.5) is 5.69 Å². The average molecular weight is 938 g/mol. The van der Waals surface area contributed by atoms with Gasteiger partial charge in [-0.1, -0.05) is 65.7 Å². The molecule has 0 bridgehead atoms. The summed E-state index contributed by atoms with van der Waals surface area (Å²) >= 11 is 13.8. The molecule has 0 unspecified atom stereocenters. The van der Waals surface area contributed by atoms with Crippen LogP contribution in [-0.2, 0) is 30.9 Å². The molecule has 4 aromatic heterocycles. The first-order chi connectivity index (χ1) is 32.3. The number of methoxy groups -OCH3 is 1. The number of carbonyl (C=O) groups is 2. The number of carboxylic acids is 1. The van der Waals surface area contributed by atoms with Crippen LogP contribution in [0.15, 0.2) is 97.2 Å². The van der Waals surface area contributed by atoms with Crippen LogP contribution in [0.25, 0.3) is 32.9 Å². The highest BCUT2D eigenvalue weighted by molar-refractivity contribution is 6.35. The van der Waals surface area contributed by atoms with E-state index in [2.05, 4.69) is 16.5 Å². The summed E-state index contributed by atoms with van der Waals surface area (Å²) in [6.45, 7) is 11.4. The molecule has 5 heterocycles. The number of hydrogen-bond donors (Lipinski definition) is 1. The molecular formula is C53H50Cl2N6O6. The number of ether oxygens (including phenoxy) is 3. The van der Waals surface area contributed by atoms with Gasteiger partial charge in [-0.3, -0.25) is 9.78 Å².